The number of para-hydroxylation sites is 1. The molecule has 0 atom stereocenters. The van der Waals surface area contributed by atoms with E-state index < -0.39 is 0 Å². The summed E-state index contributed by atoms with van der Waals surface area (Å²) < 4.78 is 0. The maximum Gasteiger partial charge on any atom is 0.0534 e. The molecule has 0 fully saturated rings. The van der Waals surface area contributed by atoms with Crippen LogP contribution < -0.4 is 4.90 Å². The van der Waals surface area contributed by atoms with E-state index in [1.807, 2.05) is 0 Å². The van der Waals surface area contributed by atoms with Crippen LogP contribution in [0.4, 0.5) is 17.1 Å². The van der Waals surface area contributed by atoms with Gasteiger partial charge in [0.2, 0.25) is 0 Å². The molecule has 0 radical (unpaired) electrons. The van der Waals surface area contributed by atoms with Gasteiger partial charge in [0.15, 0.2) is 0 Å². The molecule has 1 nitrogen and oxygen atoms in total. The van der Waals surface area contributed by atoms with Gasteiger partial charge in [0.1, 0.15) is 0 Å². The lowest BCUT2D eigenvalue weighted by molar-refractivity contribution is 1.23. The Morgan fingerprint density at radius 2 is 1.12 bits per heavy atom. The van der Waals surface area contributed by atoms with E-state index in [2.05, 4.69) is 98.5 Å². The van der Waals surface area contributed by atoms with Crippen LogP contribution in [0.25, 0.3) is 12.2 Å². The number of hydrogen-bond acceptors (Lipinski definition) is 1. The molecular weight excluding hydrogens is 290 g/mol. The highest BCUT2D eigenvalue weighted by atomic mass is 15.1. The third-order valence-electron chi connectivity index (χ3n) is 4.65. The lowest BCUT2D eigenvalue weighted by Gasteiger charge is -2.29. The van der Waals surface area contributed by atoms with Gasteiger partial charge in [-0.1, -0.05) is 53.6 Å². The zero-order chi connectivity index (χ0) is 16.7. The Kier molecular flexibility index (Phi) is 3.50. The van der Waals surface area contributed by atoms with Gasteiger partial charge in [0.25, 0.3) is 0 Å². The van der Waals surface area contributed by atoms with Gasteiger partial charge < -0.3 is 4.90 Å². The van der Waals surface area contributed by atoms with E-state index in [1.54, 1.807) is 0 Å². The van der Waals surface area contributed by atoms with E-state index in [0.29, 0.717) is 0 Å². The molecule has 3 aromatic carbocycles. The van der Waals surface area contributed by atoms with Gasteiger partial charge in [-0.15, -0.1) is 0 Å². The highest BCUT2D eigenvalue weighted by Crippen LogP contribution is 2.43. The Balaban J connectivity index is 2.04. The van der Waals surface area contributed by atoms with Gasteiger partial charge in [-0.05, 0) is 67.8 Å². The summed E-state index contributed by atoms with van der Waals surface area (Å²) in [6, 6.07) is 22.0. The van der Waals surface area contributed by atoms with Crippen molar-refractivity contribution in [2.75, 3.05) is 4.90 Å². The van der Waals surface area contributed by atoms with Crippen LogP contribution in [0, 0.1) is 20.8 Å². The molecule has 0 N–H and O–H groups in total. The van der Waals surface area contributed by atoms with Crippen LogP contribution in [0.2, 0.25) is 0 Å². The monoisotopic (exact) mass is 311 g/mol. The van der Waals surface area contributed by atoms with E-state index in [9.17, 15) is 0 Å². The van der Waals surface area contributed by atoms with Gasteiger partial charge in [0, 0.05) is 5.69 Å². The second-order valence-electron chi connectivity index (χ2n) is 6.58. The predicted octanol–water partition coefficient (Wildman–Crippen LogP) is 6.57. The average molecular weight is 311 g/mol. The zero-order valence-electron chi connectivity index (χ0n) is 14.4. The summed E-state index contributed by atoms with van der Waals surface area (Å²) in [6.07, 6.45) is 4.47. The van der Waals surface area contributed by atoms with E-state index in [0.717, 1.165) is 0 Å². The minimum absolute atomic E-state index is 1.23. The first-order valence-electron chi connectivity index (χ1n) is 8.38. The lowest BCUT2D eigenvalue weighted by Crippen LogP contribution is -2.13. The number of nitrogens with zero attached hydrogens (tertiary/aromatic N) is 1. The SMILES string of the molecule is Cc1ccc2c(c1)C=Cc1cc(C)ccc1N2c1ccccc1C. The molecule has 1 aliphatic rings. The Morgan fingerprint density at radius 1 is 0.583 bits per heavy atom. The third-order valence-corrected chi connectivity index (χ3v) is 4.65. The minimum Gasteiger partial charge on any atom is -0.309 e. The molecule has 1 heteroatoms. The Hall–Kier alpha value is -2.80. The summed E-state index contributed by atoms with van der Waals surface area (Å²) in [7, 11) is 0. The molecule has 1 aliphatic heterocycles. The first-order chi connectivity index (χ1) is 11.6. The second-order valence-corrected chi connectivity index (χ2v) is 6.58. The van der Waals surface area contributed by atoms with Crippen LogP contribution >= 0.6 is 0 Å². The fourth-order valence-corrected chi connectivity index (χ4v) is 3.41. The number of fused-ring (bicyclic) bond motifs is 2. The topological polar surface area (TPSA) is 3.24 Å². The quantitative estimate of drug-likeness (QED) is 0.384. The molecule has 0 aliphatic carbocycles. The van der Waals surface area contributed by atoms with Crippen molar-refractivity contribution in [2.45, 2.75) is 20.8 Å². The number of anilines is 3. The van der Waals surface area contributed by atoms with Gasteiger partial charge >= 0.3 is 0 Å². The lowest BCUT2D eigenvalue weighted by atomic mass is 10.1. The number of benzene rings is 3. The highest BCUT2D eigenvalue weighted by Gasteiger charge is 2.20. The number of rotatable bonds is 1. The summed E-state index contributed by atoms with van der Waals surface area (Å²) >= 11 is 0. The highest BCUT2D eigenvalue weighted by molar-refractivity contribution is 5.94. The van der Waals surface area contributed by atoms with Crippen molar-refractivity contribution in [3.05, 3.63) is 88.5 Å². The molecule has 0 spiro atoms. The van der Waals surface area contributed by atoms with E-state index in [1.165, 1.54) is 44.9 Å². The molecule has 4 rings (SSSR count). The fraction of sp³-hybridized carbons (Fsp3) is 0.130. The van der Waals surface area contributed by atoms with Crippen molar-refractivity contribution in [3.63, 3.8) is 0 Å². The summed E-state index contributed by atoms with van der Waals surface area (Å²) in [4.78, 5) is 2.39. The van der Waals surface area contributed by atoms with Crippen LogP contribution in [0.15, 0.2) is 60.7 Å². The fourth-order valence-electron chi connectivity index (χ4n) is 3.41. The van der Waals surface area contributed by atoms with Crippen molar-refractivity contribution in [1.29, 1.82) is 0 Å². The van der Waals surface area contributed by atoms with E-state index >= 15 is 0 Å². The molecule has 0 unspecified atom stereocenters. The van der Waals surface area contributed by atoms with Crippen molar-refractivity contribution in [2.24, 2.45) is 0 Å². The molecule has 0 bridgehead atoms. The number of aryl methyl sites for hydroxylation is 3. The van der Waals surface area contributed by atoms with Crippen LogP contribution in [0.5, 0.6) is 0 Å². The predicted molar refractivity (Wildman–Crippen MR) is 104 cm³/mol. The largest absolute Gasteiger partial charge is 0.309 e. The molecular formula is C23H21N. The van der Waals surface area contributed by atoms with Crippen molar-refractivity contribution < 1.29 is 0 Å². The van der Waals surface area contributed by atoms with Gasteiger partial charge in [-0.25, -0.2) is 0 Å². The molecule has 0 aromatic heterocycles. The minimum atomic E-state index is 1.23. The normalized spacial score (nSPS) is 12.5. The van der Waals surface area contributed by atoms with Gasteiger partial charge in [-0.3, -0.25) is 0 Å². The Labute approximate surface area is 143 Å². The standard InChI is InChI=1S/C23H21N/c1-16-8-12-22-19(14-16)10-11-20-15-17(2)9-13-23(20)24(22)21-7-5-4-6-18(21)3/h4-15H,1-3H3. The Morgan fingerprint density at radius 3 is 1.67 bits per heavy atom. The average Bonchev–Trinajstić information content (AvgIpc) is 2.72. The maximum atomic E-state index is 2.39. The summed E-state index contributed by atoms with van der Waals surface area (Å²) in [5.74, 6) is 0. The molecule has 0 saturated heterocycles. The van der Waals surface area contributed by atoms with E-state index in [4.69, 9.17) is 0 Å². The third kappa shape index (κ3) is 2.43. The van der Waals surface area contributed by atoms with Crippen LogP contribution in [0.3, 0.4) is 0 Å². The summed E-state index contributed by atoms with van der Waals surface area (Å²) in [5.41, 5.74) is 10.0. The maximum absolute atomic E-state index is 2.39. The smallest absolute Gasteiger partial charge is 0.0534 e. The molecule has 24 heavy (non-hydrogen) atoms. The molecule has 118 valence electrons. The summed E-state index contributed by atoms with van der Waals surface area (Å²) in [6.45, 7) is 6.47. The van der Waals surface area contributed by atoms with Crippen LogP contribution in [-0.2, 0) is 0 Å². The van der Waals surface area contributed by atoms with Crippen molar-refractivity contribution in [1.82, 2.24) is 0 Å². The molecule has 0 amide bonds. The van der Waals surface area contributed by atoms with Crippen LogP contribution in [-0.4, -0.2) is 0 Å². The molecule has 1 heterocycles. The van der Waals surface area contributed by atoms with Crippen molar-refractivity contribution >= 4 is 29.2 Å². The number of hydrogen-bond donors (Lipinski definition) is 0. The Bertz CT molecular complexity index is 894. The van der Waals surface area contributed by atoms with E-state index in [-0.39, 0.29) is 0 Å². The molecule has 0 saturated carbocycles. The van der Waals surface area contributed by atoms with Gasteiger partial charge in [0.05, 0.1) is 11.4 Å². The second kappa shape index (κ2) is 5.68. The zero-order valence-corrected chi connectivity index (χ0v) is 14.4. The first-order valence-corrected chi connectivity index (χ1v) is 8.38. The summed E-state index contributed by atoms with van der Waals surface area (Å²) in [5, 5.41) is 0. The molecule has 3 aromatic rings. The van der Waals surface area contributed by atoms with Crippen LogP contribution in [0.1, 0.15) is 27.8 Å². The van der Waals surface area contributed by atoms with Crippen molar-refractivity contribution in [3.8, 4) is 0 Å². The first kappa shape index (κ1) is 14.8. The van der Waals surface area contributed by atoms with Gasteiger partial charge in [-0.2, -0.15) is 0 Å².